The summed E-state index contributed by atoms with van der Waals surface area (Å²) in [6, 6.07) is 0. The lowest BCUT2D eigenvalue weighted by molar-refractivity contribution is -0.176. The Morgan fingerprint density at radius 3 is 1.21 bits per heavy atom. The number of nitrogens with one attached hydrogen (secondary N) is 5. The normalized spacial score (nSPS) is 14.4. The fourth-order valence-electron chi connectivity index (χ4n) is 12.5. The van der Waals surface area contributed by atoms with E-state index in [1.807, 2.05) is 13.8 Å². The number of rotatable bonds is 55. The molecular formula is C83H158N8O19. The molecule has 0 aromatic carbocycles. The summed E-state index contributed by atoms with van der Waals surface area (Å²) in [5.41, 5.74) is -7.43. The highest BCUT2D eigenvalue weighted by Gasteiger charge is 2.55. The van der Waals surface area contributed by atoms with Gasteiger partial charge >= 0.3 is 36.4 Å². The quantitative estimate of drug-likeness (QED) is 0.0118. The van der Waals surface area contributed by atoms with E-state index < -0.39 is 118 Å². The highest BCUT2D eigenvalue weighted by atomic mass is 16.6. The number of esters is 1. The number of amides is 8. The van der Waals surface area contributed by atoms with Crippen LogP contribution >= 0.6 is 0 Å². The van der Waals surface area contributed by atoms with E-state index in [1.165, 1.54) is 21.6 Å². The fraction of sp³-hybridized carbons (Fsp3) is 0.892. The van der Waals surface area contributed by atoms with Gasteiger partial charge in [0.1, 0.15) is 57.5 Å². The van der Waals surface area contributed by atoms with Crippen molar-refractivity contribution in [3.63, 3.8) is 0 Å². The Bertz CT molecular complexity index is 2610. The first kappa shape index (κ1) is 104. The van der Waals surface area contributed by atoms with Crippen molar-refractivity contribution in [2.24, 2.45) is 5.92 Å². The Morgan fingerprint density at radius 2 is 0.773 bits per heavy atom. The number of nitrogens with zero attached hydrogens (tertiary/aromatic N) is 3. The zero-order chi connectivity index (χ0) is 84.0. The van der Waals surface area contributed by atoms with E-state index in [4.69, 9.17) is 28.4 Å². The van der Waals surface area contributed by atoms with Gasteiger partial charge in [0.25, 0.3) is 5.91 Å². The summed E-state index contributed by atoms with van der Waals surface area (Å²) in [7, 11) is 0. The van der Waals surface area contributed by atoms with Gasteiger partial charge in [-0.05, 0) is 209 Å². The van der Waals surface area contributed by atoms with Crippen molar-refractivity contribution < 1.29 is 92.0 Å². The van der Waals surface area contributed by atoms with E-state index in [1.54, 1.807) is 125 Å². The number of ether oxygens (including phenoxy) is 6. The summed E-state index contributed by atoms with van der Waals surface area (Å²) in [6.45, 7) is 38.4. The molecule has 0 aromatic heterocycles. The third-order valence-corrected chi connectivity index (χ3v) is 17.8. The number of carbonyl (C=O) groups excluding carboxylic acids is 9. The molecule has 7 atom stereocenters. The number of carbonyl (C=O) groups is 9. The van der Waals surface area contributed by atoms with E-state index in [2.05, 4.69) is 26.6 Å². The molecule has 0 aliphatic heterocycles. The molecule has 0 radical (unpaired) electrons. The van der Waals surface area contributed by atoms with Gasteiger partial charge in [-0.15, -0.1) is 0 Å². The molecule has 0 aromatic rings. The minimum Gasteiger partial charge on any atom is -0.458 e. The molecule has 0 spiro atoms. The van der Waals surface area contributed by atoms with Crippen LogP contribution in [0.2, 0.25) is 0 Å². The average Bonchev–Trinajstić information content (AvgIpc) is 0.755. The van der Waals surface area contributed by atoms with Gasteiger partial charge in [-0.1, -0.05) is 129 Å². The molecule has 0 heterocycles. The molecule has 0 rings (SSSR count). The minimum atomic E-state index is -1.84. The SMILES string of the molecule is CCCCN(C(=O)OC(C)(C)C)C(CCCNC(=O)OC(C)(C)C)(C(=O)OC(C)(C)C)C(CCCCCCNC(=O)CCCCCCCCCCCNC(=O)CCCCCCCCCCCNC(=O)[C@H](O)[C@@H](O)[C@H](O)[C@@H](C)O)CN(CCCC(NC(=O)OC(C)(C)C)N(CCC)C(=O)OC(C)(C)C)C(=O)OC(C)(C)C. The number of hydrogen-bond donors (Lipinski definition) is 9. The maximum absolute atomic E-state index is 16.0. The second kappa shape index (κ2) is 54.0. The van der Waals surface area contributed by atoms with Gasteiger partial charge in [0.05, 0.1) is 6.10 Å². The number of unbranched alkanes of at least 4 members (excludes halogenated alkanes) is 20. The van der Waals surface area contributed by atoms with Crippen LogP contribution in [0.4, 0.5) is 24.0 Å². The molecule has 644 valence electrons. The predicted molar refractivity (Wildman–Crippen MR) is 431 cm³/mol. The monoisotopic (exact) mass is 1570 g/mol. The zero-order valence-corrected chi connectivity index (χ0v) is 72.5. The minimum absolute atomic E-state index is 0.000745. The van der Waals surface area contributed by atoms with Gasteiger partial charge in [0.15, 0.2) is 6.10 Å². The van der Waals surface area contributed by atoms with Gasteiger partial charge in [0, 0.05) is 71.1 Å². The summed E-state index contributed by atoms with van der Waals surface area (Å²) < 4.78 is 36.1. The number of alkyl carbamates (subject to hydrolysis) is 2. The molecule has 110 heavy (non-hydrogen) atoms. The lowest BCUT2D eigenvalue weighted by atomic mass is 9.74. The van der Waals surface area contributed by atoms with Gasteiger partial charge in [-0.2, -0.15) is 0 Å². The van der Waals surface area contributed by atoms with Crippen LogP contribution in [-0.4, -0.2) is 211 Å². The zero-order valence-electron chi connectivity index (χ0n) is 72.5. The Balaban J connectivity index is 6.21. The fourth-order valence-corrected chi connectivity index (χ4v) is 12.5. The first-order valence-corrected chi connectivity index (χ1v) is 41.8. The molecule has 27 heteroatoms. The van der Waals surface area contributed by atoms with Crippen LogP contribution in [0.5, 0.6) is 0 Å². The topological polar surface area (TPSA) is 360 Å². The summed E-state index contributed by atoms with van der Waals surface area (Å²) in [5.74, 6) is -2.25. The third kappa shape index (κ3) is 50.9. The smallest absolute Gasteiger partial charge is 0.411 e. The number of hydrogen-bond acceptors (Lipinski definition) is 19. The van der Waals surface area contributed by atoms with Crippen LogP contribution in [0.15, 0.2) is 0 Å². The molecule has 9 N–H and O–H groups in total. The van der Waals surface area contributed by atoms with Crippen LogP contribution in [0, 0.1) is 5.92 Å². The second-order valence-corrected chi connectivity index (χ2v) is 35.8. The Hall–Kier alpha value is -5.93. The summed E-state index contributed by atoms with van der Waals surface area (Å²) in [6.07, 6.45) is 13.2. The van der Waals surface area contributed by atoms with Crippen molar-refractivity contribution in [1.29, 1.82) is 0 Å². The molecule has 3 unspecified atom stereocenters. The van der Waals surface area contributed by atoms with E-state index in [0.717, 1.165) is 116 Å². The first-order valence-electron chi connectivity index (χ1n) is 41.8. The molecular weight excluding hydrogens is 1410 g/mol. The van der Waals surface area contributed by atoms with E-state index in [9.17, 15) is 49.2 Å². The van der Waals surface area contributed by atoms with Crippen LogP contribution in [0.25, 0.3) is 0 Å². The molecule has 0 aliphatic rings. The van der Waals surface area contributed by atoms with Crippen LogP contribution in [0.1, 0.15) is 351 Å². The van der Waals surface area contributed by atoms with E-state index in [-0.39, 0.29) is 76.6 Å². The van der Waals surface area contributed by atoms with Gasteiger partial charge < -0.3 is 80.3 Å². The molecule has 8 amide bonds. The van der Waals surface area contributed by atoms with Gasteiger partial charge in [-0.25, -0.2) is 28.8 Å². The van der Waals surface area contributed by atoms with Crippen LogP contribution < -0.4 is 26.6 Å². The summed E-state index contributed by atoms with van der Waals surface area (Å²) in [4.78, 5) is 129. The lowest BCUT2D eigenvalue weighted by Crippen LogP contribution is -2.65. The highest BCUT2D eigenvalue weighted by Crippen LogP contribution is 2.40. The molecule has 27 nitrogen and oxygen atoms in total. The molecule has 0 saturated heterocycles. The van der Waals surface area contributed by atoms with Crippen molar-refractivity contribution in [1.82, 2.24) is 41.3 Å². The van der Waals surface area contributed by atoms with Crippen molar-refractivity contribution in [2.45, 2.75) is 421 Å². The summed E-state index contributed by atoms with van der Waals surface area (Å²) >= 11 is 0. The number of aliphatic hydroxyl groups is 4. The molecule has 0 bridgehead atoms. The van der Waals surface area contributed by atoms with Crippen LogP contribution in [0.3, 0.4) is 0 Å². The van der Waals surface area contributed by atoms with Crippen molar-refractivity contribution in [3.05, 3.63) is 0 Å². The second-order valence-electron chi connectivity index (χ2n) is 35.8. The standard InChI is InChI=1S/C83H158N8O19/c1-22-24-60-91(76(104)110-82(19,20)21)83(71(99)105-77(4,5)6,53-48-57-87-72(100)106-78(7,8)9)63(61-89(74(102)108-80(13,14)15)59-47-50-64(88-73(101)107-79(10,11)12)90(58-23-2)75(103)109-81(16,17)18)49-41-37-40-45-55-85-66(94)52-43-35-31-27-25-29-33-38-44-54-84-65(93)51-42-36-32-28-26-30-34-39-46-56-86-70(98)69(97)68(96)67(95)62(3)92/h62-64,67-69,92,95-97H,22-61H2,1-21H3,(H,84,93)(H,85,94)(H,86,98)(H,87,100)(H,88,101)/t62-,63?,64?,67-,68+,69-,83?/m1/s1. The van der Waals surface area contributed by atoms with Gasteiger partial charge in [-0.3, -0.25) is 24.2 Å². The average molecular weight is 1570 g/mol. The van der Waals surface area contributed by atoms with Crippen LogP contribution in [-0.2, 0) is 47.6 Å². The largest absolute Gasteiger partial charge is 0.458 e. The number of aliphatic hydroxyl groups excluding tert-OH is 4. The molecule has 0 fully saturated rings. The van der Waals surface area contributed by atoms with E-state index in [0.29, 0.717) is 77.4 Å². The molecule has 0 aliphatic carbocycles. The van der Waals surface area contributed by atoms with Gasteiger partial charge in [0.2, 0.25) is 11.8 Å². The Kier molecular flexibility index (Phi) is 51.0. The van der Waals surface area contributed by atoms with Crippen molar-refractivity contribution in [2.75, 3.05) is 52.4 Å². The Morgan fingerprint density at radius 1 is 0.373 bits per heavy atom. The highest BCUT2D eigenvalue weighted by molar-refractivity contribution is 5.87. The predicted octanol–water partition coefficient (Wildman–Crippen LogP) is 15.1. The van der Waals surface area contributed by atoms with Crippen molar-refractivity contribution in [3.8, 4) is 0 Å². The maximum Gasteiger partial charge on any atom is 0.411 e. The third-order valence-electron chi connectivity index (χ3n) is 17.8. The van der Waals surface area contributed by atoms with E-state index >= 15 is 14.4 Å². The maximum atomic E-state index is 16.0. The first-order chi connectivity index (χ1) is 51.1. The summed E-state index contributed by atoms with van der Waals surface area (Å²) in [5, 5.41) is 53.3. The lowest BCUT2D eigenvalue weighted by Gasteiger charge is -2.49. The van der Waals surface area contributed by atoms with Crippen molar-refractivity contribution >= 4 is 54.2 Å². The Labute approximate surface area is 663 Å². The molecule has 0 saturated carbocycles.